The zero-order chi connectivity index (χ0) is 23.4. The lowest BCUT2D eigenvalue weighted by molar-refractivity contribution is 0.864. The Hall–Kier alpha value is -4.04. The summed E-state index contributed by atoms with van der Waals surface area (Å²) in [5.74, 6) is 1.60. The number of nitrogens with zero attached hydrogens (tertiary/aromatic N) is 2. The minimum atomic E-state index is 0.792. The van der Waals surface area contributed by atoms with Crippen molar-refractivity contribution in [3.8, 4) is 5.69 Å². The molecule has 0 aliphatic heterocycles. The van der Waals surface area contributed by atoms with E-state index in [9.17, 15) is 0 Å². The molecule has 2 atom stereocenters. The predicted molar refractivity (Wildman–Crippen MR) is 148 cm³/mol. The van der Waals surface area contributed by atoms with Crippen molar-refractivity contribution in [2.45, 2.75) is 12.8 Å². The van der Waals surface area contributed by atoms with Crippen molar-refractivity contribution in [3.63, 3.8) is 0 Å². The summed E-state index contributed by atoms with van der Waals surface area (Å²) < 4.78 is 2.40. The average Bonchev–Trinajstić information content (AvgIpc) is 3.65. The van der Waals surface area contributed by atoms with E-state index in [0.29, 0.717) is 0 Å². The van der Waals surface area contributed by atoms with Gasteiger partial charge in [-0.3, -0.25) is 0 Å². The third-order valence-electron chi connectivity index (χ3n) is 7.77. The quantitative estimate of drug-likeness (QED) is 0.261. The molecule has 0 bridgehead atoms. The van der Waals surface area contributed by atoms with E-state index in [2.05, 4.69) is 132 Å². The summed E-state index contributed by atoms with van der Waals surface area (Å²) in [6.45, 7) is 0. The van der Waals surface area contributed by atoms with Crippen molar-refractivity contribution in [1.29, 1.82) is 0 Å². The Labute approximate surface area is 206 Å². The first kappa shape index (κ1) is 20.3. The van der Waals surface area contributed by atoms with E-state index in [0.717, 1.165) is 18.3 Å². The van der Waals surface area contributed by atoms with Gasteiger partial charge in [0, 0.05) is 34.9 Å². The van der Waals surface area contributed by atoms with Gasteiger partial charge >= 0.3 is 0 Å². The van der Waals surface area contributed by atoms with Gasteiger partial charge in [-0.2, -0.15) is 0 Å². The normalized spacial score (nSPS) is 18.5. The molecule has 35 heavy (non-hydrogen) atoms. The van der Waals surface area contributed by atoms with Crippen molar-refractivity contribution >= 4 is 33.2 Å². The van der Waals surface area contributed by atoms with E-state index < -0.39 is 0 Å². The van der Waals surface area contributed by atoms with Crippen LogP contribution in [0, 0.1) is 11.8 Å². The Morgan fingerprint density at radius 2 is 1.54 bits per heavy atom. The van der Waals surface area contributed by atoms with Crippen LogP contribution in [-0.2, 0) is 6.42 Å². The molecule has 0 amide bonds. The molecule has 1 heterocycles. The number of para-hydroxylation sites is 2. The first-order valence-corrected chi connectivity index (χ1v) is 12.5. The van der Waals surface area contributed by atoms with Crippen LogP contribution in [0.25, 0.3) is 27.5 Å². The Bertz CT molecular complexity index is 1600. The van der Waals surface area contributed by atoms with Crippen molar-refractivity contribution < 1.29 is 0 Å². The maximum Gasteiger partial charge on any atom is 0.0542 e. The largest absolute Gasteiger partial charge is 0.345 e. The van der Waals surface area contributed by atoms with Gasteiger partial charge < -0.3 is 9.47 Å². The Kier molecular flexibility index (Phi) is 4.66. The van der Waals surface area contributed by atoms with Crippen molar-refractivity contribution in [2.24, 2.45) is 11.8 Å². The van der Waals surface area contributed by atoms with Crippen LogP contribution >= 0.6 is 0 Å². The highest BCUT2D eigenvalue weighted by Crippen LogP contribution is 2.48. The van der Waals surface area contributed by atoms with Crippen LogP contribution < -0.4 is 4.90 Å². The number of allylic oxidation sites excluding steroid dienone is 4. The fourth-order valence-electron chi connectivity index (χ4n) is 5.74. The summed E-state index contributed by atoms with van der Waals surface area (Å²) in [5.41, 5.74) is 9.07. The minimum Gasteiger partial charge on any atom is -0.345 e. The van der Waals surface area contributed by atoms with Crippen LogP contribution in [-0.4, -0.2) is 11.6 Å². The molecule has 170 valence electrons. The van der Waals surface area contributed by atoms with Crippen molar-refractivity contribution in [1.82, 2.24) is 4.57 Å². The fraction of sp³-hybridized carbons (Fsp3) is 0.152. The maximum absolute atomic E-state index is 2.40. The SMILES string of the molecule is CN(c1ccccc1)c1ccc2c(c1)c1ccccc1n2-c1ccc(CC2=CC=CC3CC23)cc1. The van der Waals surface area contributed by atoms with Gasteiger partial charge in [0.15, 0.2) is 0 Å². The number of hydrogen-bond acceptors (Lipinski definition) is 1. The molecule has 2 heteroatoms. The van der Waals surface area contributed by atoms with E-state index in [1.165, 1.54) is 50.9 Å². The zero-order valence-corrected chi connectivity index (χ0v) is 19.9. The topological polar surface area (TPSA) is 8.17 Å². The molecule has 2 nitrogen and oxygen atoms in total. The van der Waals surface area contributed by atoms with Crippen LogP contribution in [0.2, 0.25) is 0 Å². The summed E-state index contributed by atoms with van der Waals surface area (Å²) >= 11 is 0. The van der Waals surface area contributed by atoms with Crippen LogP contribution in [0.15, 0.2) is 121 Å². The molecule has 2 aliphatic rings. The molecule has 1 fully saturated rings. The number of hydrogen-bond donors (Lipinski definition) is 0. The standard InChI is InChI=1S/C33H28N2/c1-34(26-10-3-2-4-11-26)28-18-19-33-31(22-28)29-12-5-6-13-32(29)35(33)27-16-14-23(15-17-27)20-24-8-7-9-25-21-30(24)25/h2-19,22,25,30H,20-21H2,1H3. The van der Waals surface area contributed by atoms with Crippen LogP contribution in [0.3, 0.4) is 0 Å². The molecule has 2 unspecified atom stereocenters. The number of rotatable bonds is 5. The Morgan fingerprint density at radius 1 is 0.771 bits per heavy atom. The van der Waals surface area contributed by atoms with Crippen LogP contribution in [0.4, 0.5) is 11.4 Å². The van der Waals surface area contributed by atoms with Gasteiger partial charge in [0.2, 0.25) is 0 Å². The van der Waals surface area contributed by atoms with E-state index >= 15 is 0 Å². The molecule has 2 aliphatic carbocycles. The number of aromatic nitrogens is 1. The molecular weight excluding hydrogens is 424 g/mol. The molecule has 0 saturated heterocycles. The van der Waals surface area contributed by atoms with E-state index in [-0.39, 0.29) is 0 Å². The third kappa shape index (κ3) is 3.49. The van der Waals surface area contributed by atoms with Gasteiger partial charge in [-0.05, 0) is 78.8 Å². The first-order valence-electron chi connectivity index (χ1n) is 12.5. The Morgan fingerprint density at radius 3 is 2.40 bits per heavy atom. The number of benzene rings is 4. The van der Waals surface area contributed by atoms with Gasteiger partial charge in [0.1, 0.15) is 0 Å². The summed E-state index contributed by atoms with van der Waals surface area (Å²) in [5, 5.41) is 2.57. The van der Waals surface area contributed by atoms with Gasteiger partial charge in [0.05, 0.1) is 11.0 Å². The average molecular weight is 453 g/mol. The molecule has 7 rings (SSSR count). The second-order valence-electron chi connectivity index (χ2n) is 9.92. The third-order valence-corrected chi connectivity index (χ3v) is 7.77. The van der Waals surface area contributed by atoms with E-state index in [4.69, 9.17) is 0 Å². The van der Waals surface area contributed by atoms with Crippen molar-refractivity contribution in [3.05, 3.63) is 126 Å². The molecule has 0 N–H and O–H groups in total. The zero-order valence-electron chi connectivity index (χ0n) is 19.9. The van der Waals surface area contributed by atoms with Gasteiger partial charge in [0.25, 0.3) is 0 Å². The fourth-order valence-corrected chi connectivity index (χ4v) is 5.74. The van der Waals surface area contributed by atoms with E-state index in [1.807, 2.05) is 0 Å². The monoisotopic (exact) mass is 452 g/mol. The lowest BCUT2D eigenvalue weighted by Crippen LogP contribution is -2.08. The minimum absolute atomic E-state index is 0.792. The molecule has 4 aromatic carbocycles. The highest BCUT2D eigenvalue weighted by molar-refractivity contribution is 6.10. The molecule has 5 aromatic rings. The van der Waals surface area contributed by atoms with Gasteiger partial charge in [-0.1, -0.05) is 72.3 Å². The molecule has 0 radical (unpaired) electrons. The van der Waals surface area contributed by atoms with E-state index in [1.54, 1.807) is 5.57 Å². The molecule has 1 aromatic heterocycles. The van der Waals surface area contributed by atoms with Gasteiger partial charge in [-0.25, -0.2) is 0 Å². The second-order valence-corrected chi connectivity index (χ2v) is 9.92. The van der Waals surface area contributed by atoms with Gasteiger partial charge in [-0.15, -0.1) is 0 Å². The predicted octanol–water partition coefficient (Wildman–Crippen LogP) is 8.23. The number of fused-ring (bicyclic) bond motifs is 4. The Balaban J connectivity index is 1.28. The number of anilines is 2. The summed E-state index contributed by atoms with van der Waals surface area (Å²) in [6, 6.07) is 35.3. The van der Waals surface area contributed by atoms with Crippen LogP contribution in [0.5, 0.6) is 0 Å². The smallest absolute Gasteiger partial charge is 0.0542 e. The first-order chi connectivity index (χ1) is 17.3. The lowest BCUT2D eigenvalue weighted by atomic mass is 9.97. The molecule has 1 saturated carbocycles. The van der Waals surface area contributed by atoms with Crippen molar-refractivity contribution in [2.75, 3.05) is 11.9 Å². The molecule has 0 spiro atoms. The summed E-state index contributed by atoms with van der Waals surface area (Å²) in [6.07, 6.45) is 9.35. The maximum atomic E-state index is 2.40. The lowest BCUT2D eigenvalue weighted by Gasteiger charge is -2.19. The summed E-state index contributed by atoms with van der Waals surface area (Å²) in [4.78, 5) is 2.25. The highest BCUT2D eigenvalue weighted by Gasteiger charge is 2.38. The summed E-state index contributed by atoms with van der Waals surface area (Å²) in [7, 11) is 2.13. The second kappa shape index (κ2) is 8.02. The molecular formula is C33H28N2. The van der Waals surface area contributed by atoms with Crippen LogP contribution in [0.1, 0.15) is 12.0 Å². The highest BCUT2D eigenvalue weighted by atomic mass is 15.1.